The summed E-state index contributed by atoms with van der Waals surface area (Å²) in [6, 6.07) is 4.94. The molecular weight excluding hydrogens is 284 g/mol. The van der Waals surface area contributed by atoms with Crippen LogP contribution in [0.2, 0.25) is 0 Å². The molecule has 0 N–H and O–H groups in total. The summed E-state index contributed by atoms with van der Waals surface area (Å²) in [6.07, 6.45) is 3.12. The minimum absolute atomic E-state index is 0.0691. The first-order chi connectivity index (χ1) is 10.7. The lowest BCUT2D eigenvalue weighted by Gasteiger charge is -2.36. The van der Waals surface area contributed by atoms with E-state index >= 15 is 0 Å². The largest absolute Gasteiger partial charge is 0.367 e. The van der Waals surface area contributed by atoms with Gasteiger partial charge in [0.15, 0.2) is 0 Å². The molecular formula is C14H18N6O2. The Kier molecular flexibility index (Phi) is 4.01. The lowest BCUT2D eigenvalue weighted by atomic mass is 10.2. The maximum atomic E-state index is 11.0. The molecule has 3 rings (SSSR count). The van der Waals surface area contributed by atoms with E-state index in [1.165, 1.54) is 0 Å². The van der Waals surface area contributed by atoms with Crippen LogP contribution >= 0.6 is 0 Å². The summed E-state index contributed by atoms with van der Waals surface area (Å²) < 4.78 is 1.72. The maximum Gasteiger partial charge on any atom is 0.271 e. The molecule has 2 heterocycles. The van der Waals surface area contributed by atoms with Crippen molar-refractivity contribution in [3.63, 3.8) is 0 Å². The molecule has 0 bridgehead atoms. The molecule has 0 amide bonds. The van der Waals surface area contributed by atoms with Crippen LogP contribution in [-0.2, 0) is 0 Å². The van der Waals surface area contributed by atoms with Crippen molar-refractivity contribution in [1.29, 1.82) is 0 Å². The van der Waals surface area contributed by atoms with Gasteiger partial charge in [0.1, 0.15) is 12.7 Å². The molecule has 0 radical (unpaired) electrons. The number of nitro benzene ring substituents is 1. The smallest absolute Gasteiger partial charge is 0.271 e. The zero-order chi connectivity index (χ0) is 15.5. The average molecular weight is 302 g/mol. The Morgan fingerprint density at radius 3 is 2.41 bits per heavy atom. The van der Waals surface area contributed by atoms with E-state index < -0.39 is 0 Å². The number of hydrogen-bond donors (Lipinski definition) is 0. The van der Waals surface area contributed by atoms with Crippen molar-refractivity contribution in [3.05, 3.63) is 41.0 Å². The van der Waals surface area contributed by atoms with Gasteiger partial charge in [-0.3, -0.25) is 14.7 Å². The molecule has 8 heteroatoms. The van der Waals surface area contributed by atoms with Gasteiger partial charge < -0.3 is 9.80 Å². The van der Waals surface area contributed by atoms with E-state index in [1.54, 1.807) is 29.4 Å². The fourth-order valence-electron chi connectivity index (χ4n) is 2.73. The molecule has 0 saturated carbocycles. The first-order valence-corrected chi connectivity index (χ1v) is 7.30. The number of piperazine rings is 1. The second kappa shape index (κ2) is 6.10. The van der Waals surface area contributed by atoms with Gasteiger partial charge in [-0.2, -0.15) is 0 Å². The third-order valence-electron chi connectivity index (χ3n) is 4.03. The number of likely N-dealkylation sites (N-methyl/N-ethyl adjacent to an activating group) is 1. The Bertz CT molecular complexity index is 649. The number of nitro groups is 1. The van der Waals surface area contributed by atoms with Crippen molar-refractivity contribution in [2.45, 2.75) is 6.92 Å². The van der Waals surface area contributed by atoms with E-state index in [0.29, 0.717) is 0 Å². The summed E-state index contributed by atoms with van der Waals surface area (Å²) in [7, 11) is 0. The maximum absolute atomic E-state index is 11.0. The topological polar surface area (TPSA) is 80.3 Å². The molecule has 1 aromatic heterocycles. The van der Waals surface area contributed by atoms with E-state index in [0.717, 1.165) is 44.1 Å². The quantitative estimate of drug-likeness (QED) is 0.626. The minimum atomic E-state index is -0.382. The lowest BCUT2D eigenvalue weighted by Crippen LogP contribution is -2.46. The number of aromatic nitrogens is 3. The predicted octanol–water partition coefficient (Wildman–Crippen LogP) is 1.32. The summed E-state index contributed by atoms with van der Waals surface area (Å²) in [6.45, 7) is 7.00. The Labute approximate surface area is 128 Å². The standard InChI is InChI=1S/C14H18N6O2/c1-2-17-5-7-18(8-6-17)13-4-3-12(20(21)22)9-14(13)19-10-15-16-11-19/h3-4,9-11H,2,5-8H2,1H3. The van der Waals surface area contributed by atoms with Crippen molar-refractivity contribution < 1.29 is 4.92 Å². The van der Waals surface area contributed by atoms with E-state index in [2.05, 4.69) is 26.9 Å². The minimum Gasteiger partial charge on any atom is -0.367 e. The second-order valence-electron chi connectivity index (χ2n) is 5.22. The molecule has 1 aromatic carbocycles. The molecule has 0 unspecified atom stereocenters. The summed E-state index contributed by atoms with van der Waals surface area (Å²) in [5, 5.41) is 18.6. The molecule has 1 fully saturated rings. The molecule has 1 saturated heterocycles. The van der Waals surface area contributed by atoms with E-state index in [9.17, 15) is 10.1 Å². The monoisotopic (exact) mass is 302 g/mol. The highest BCUT2D eigenvalue weighted by Gasteiger charge is 2.21. The third-order valence-corrected chi connectivity index (χ3v) is 4.03. The van der Waals surface area contributed by atoms with Gasteiger partial charge in [-0.1, -0.05) is 6.92 Å². The van der Waals surface area contributed by atoms with Crippen molar-refractivity contribution >= 4 is 11.4 Å². The van der Waals surface area contributed by atoms with Gasteiger partial charge in [0.25, 0.3) is 5.69 Å². The fraction of sp³-hybridized carbons (Fsp3) is 0.429. The Hall–Kier alpha value is -2.48. The van der Waals surface area contributed by atoms with Gasteiger partial charge in [0, 0.05) is 38.3 Å². The highest BCUT2D eigenvalue weighted by atomic mass is 16.6. The first-order valence-electron chi connectivity index (χ1n) is 7.30. The SMILES string of the molecule is CCN1CCN(c2ccc([N+](=O)[O-])cc2-n2cnnc2)CC1. The van der Waals surface area contributed by atoms with Crippen LogP contribution in [0.1, 0.15) is 6.92 Å². The van der Waals surface area contributed by atoms with Crippen LogP contribution in [0.5, 0.6) is 0 Å². The fourth-order valence-corrected chi connectivity index (χ4v) is 2.73. The number of anilines is 1. The Morgan fingerprint density at radius 1 is 1.14 bits per heavy atom. The Morgan fingerprint density at radius 2 is 1.82 bits per heavy atom. The van der Waals surface area contributed by atoms with Gasteiger partial charge in [-0.15, -0.1) is 10.2 Å². The molecule has 1 aliphatic rings. The van der Waals surface area contributed by atoms with Crippen LogP contribution in [0.4, 0.5) is 11.4 Å². The first kappa shape index (κ1) is 14.5. The summed E-state index contributed by atoms with van der Waals surface area (Å²) in [4.78, 5) is 15.3. The summed E-state index contributed by atoms with van der Waals surface area (Å²) in [5.74, 6) is 0. The van der Waals surface area contributed by atoms with Crippen LogP contribution in [0.15, 0.2) is 30.9 Å². The van der Waals surface area contributed by atoms with Gasteiger partial charge in [-0.25, -0.2) is 0 Å². The molecule has 1 aliphatic heterocycles. The van der Waals surface area contributed by atoms with Crippen LogP contribution in [-0.4, -0.2) is 57.3 Å². The highest BCUT2D eigenvalue weighted by Crippen LogP contribution is 2.29. The number of benzene rings is 1. The van der Waals surface area contributed by atoms with Crippen molar-refractivity contribution in [2.24, 2.45) is 0 Å². The molecule has 0 atom stereocenters. The van der Waals surface area contributed by atoms with Crippen LogP contribution in [0, 0.1) is 10.1 Å². The van der Waals surface area contributed by atoms with E-state index in [4.69, 9.17) is 0 Å². The molecule has 116 valence electrons. The zero-order valence-electron chi connectivity index (χ0n) is 12.4. The second-order valence-corrected chi connectivity index (χ2v) is 5.22. The van der Waals surface area contributed by atoms with E-state index in [-0.39, 0.29) is 10.6 Å². The lowest BCUT2D eigenvalue weighted by molar-refractivity contribution is -0.384. The molecule has 0 spiro atoms. The molecule has 22 heavy (non-hydrogen) atoms. The Balaban J connectivity index is 1.95. The third kappa shape index (κ3) is 2.77. The van der Waals surface area contributed by atoms with E-state index in [1.807, 2.05) is 6.07 Å². The van der Waals surface area contributed by atoms with Gasteiger partial charge >= 0.3 is 0 Å². The van der Waals surface area contributed by atoms with Crippen molar-refractivity contribution in [2.75, 3.05) is 37.6 Å². The van der Waals surface area contributed by atoms with Crippen molar-refractivity contribution in [3.8, 4) is 5.69 Å². The normalized spacial score (nSPS) is 16.0. The molecule has 2 aromatic rings. The van der Waals surface area contributed by atoms with Crippen LogP contribution in [0.3, 0.4) is 0 Å². The van der Waals surface area contributed by atoms with Gasteiger partial charge in [-0.05, 0) is 12.6 Å². The van der Waals surface area contributed by atoms with Crippen LogP contribution < -0.4 is 4.90 Å². The number of non-ortho nitro benzene ring substituents is 1. The highest BCUT2D eigenvalue weighted by molar-refractivity contribution is 5.66. The molecule has 0 aliphatic carbocycles. The summed E-state index contributed by atoms with van der Waals surface area (Å²) >= 11 is 0. The number of hydrogen-bond acceptors (Lipinski definition) is 6. The van der Waals surface area contributed by atoms with Crippen molar-refractivity contribution in [1.82, 2.24) is 19.7 Å². The average Bonchev–Trinajstić information content (AvgIpc) is 3.08. The number of rotatable bonds is 4. The summed E-state index contributed by atoms with van der Waals surface area (Å²) in [5.41, 5.74) is 1.78. The van der Waals surface area contributed by atoms with Gasteiger partial charge in [0.2, 0.25) is 0 Å². The predicted molar refractivity (Wildman–Crippen MR) is 82.3 cm³/mol. The number of nitrogens with zero attached hydrogens (tertiary/aromatic N) is 6. The van der Waals surface area contributed by atoms with Crippen LogP contribution in [0.25, 0.3) is 5.69 Å². The zero-order valence-corrected chi connectivity index (χ0v) is 12.4. The van der Waals surface area contributed by atoms with Gasteiger partial charge in [0.05, 0.1) is 16.3 Å². The molecule has 8 nitrogen and oxygen atoms in total.